The molecule has 0 saturated heterocycles. The summed E-state index contributed by atoms with van der Waals surface area (Å²) in [6, 6.07) is 19.5. The Kier molecular flexibility index (Phi) is 5.04. The molecule has 3 rings (SSSR count). The van der Waals surface area contributed by atoms with Gasteiger partial charge in [0.15, 0.2) is 5.78 Å². The summed E-state index contributed by atoms with van der Waals surface area (Å²) in [5.74, 6) is 1.48. The Balaban J connectivity index is 1.70. The first-order chi connectivity index (χ1) is 12.1. The molecule has 1 heterocycles. The van der Waals surface area contributed by atoms with Crippen LogP contribution in [0, 0.1) is 0 Å². The number of carbonyl (C=O) groups is 1. The normalized spacial score (nSPS) is 11.6. The Morgan fingerprint density at radius 2 is 1.64 bits per heavy atom. The second-order valence-electron chi connectivity index (χ2n) is 5.82. The van der Waals surface area contributed by atoms with E-state index in [0.717, 1.165) is 11.5 Å². The second-order valence-corrected chi connectivity index (χ2v) is 5.82. The topological polar surface area (TPSA) is 66.9 Å². The summed E-state index contributed by atoms with van der Waals surface area (Å²) >= 11 is 0. The molecule has 0 amide bonds. The Bertz CT molecular complexity index is 847. The molecule has 1 unspecified atom stereocenters. The van der Waals surface area contributed by atoms with E-state index in [2.05, 4.69) is 39.7 Å². The van der Waals surface area contributed by atoms with Crippen molar-refractivity contribution < 1.29 is 4.79 Å². The summed E-state index contributed by atoms with van der Waals surface area (Å²) in [4.78, 5) is 19.9. The van der Waals surface area contributed by atoms with Crippen LogP contribution >= 0.6 is 0 Å². The third-order valence-corrected chi connectivity index (χ3v) is 3.89. The van der Waals surface area contributed by atoms with Crippen molar-refractivity contribution in [2.75, 3.05) is 10.6 Å². The molecule has 0 aliphatic carbocycles. The van der Waals surface area contributed by atoms with Crippen molar-refractivity contribution in [1.82, 2.24) is 9.97 Å². The van der Waals surface area contributed by atoms with Crippen LogP contribution in [0.15, 0.2) is 67.0 Å². The van der Waals surface area contributed by atoms with E-state index in [-0.39, 0.29) is 11.8 Å². The summed E-state index contributed by atoms with van der Waals surface area (Å²) in [6.45, 7) is 3.64. The smallest absolute Gasteiger partial charge is 0.159 e. The number of rotatable bonds is 6. The molecule has 0 spiro atoms. The van der Waals surface area contributed by atoms with Crippen LogP contribution in [0.4, 0.5) is 17.3 Å². The summed E-state index contributed by atoms with van der Waals surface area (Å²) in [6.07, 6.45) is 1.52. The van der Waals surface area contributed by atoms with E-state index in [1.807, 2.05) is 36.4 Å². The molecule has 0 radical (unpaired) electrons. The van der Waals surface area contributed by atoms with Crippen molar-refractivity contribution in [2.45, 2.75) is 19.9 Å². The van der Waals surface area contributed by atoms with E-state index < -0.39 is 0 Å². The van der Waals surface area contributed by atoms with Crippen LogP contribution in [-0.2, 0) is 0 Å². The standard InChI is InChI=1S/C20H20N4O/c1-14(16-6-4-3-5-7-16)23-19-12-20(22-13-21-19)24-18-10-8-17(9-11-18)15(2)25/h3-14H,1-2H3,(H2,21,22,23,24). The van der Waals surface area contributed by atoms with Gasteiger partial charge in [-0.25, -0.2) is 9.97 Å². The number of Topliss-reactive ketones (excluding diaryl/α,β-unsaturated/α-hetero) is 1. The fourth-order valence-corrected chi connectivity index (χ4v) is 2.49. The highest BCUT2D eigenvalue weighted by atomic mass is 16.1. The predicted molar refractivity (Wildman–Crippen MR) is 100 cm³/mol. The number of anilines is 3. The second kappa shape index (κ2) is 7.57. The average Bonchev–Trinajstić information content (AvgIpc) is 2.63. The molecular formula is C20H20N4O. The Hall–Kier alpha value is -3.21. The average molecular weight is 332 g/mol. The van der Waals surface area contributed by atoms with Gasteiger partial charge in [-0.2, -0.15) is 0 Å². The maximum absolute atomic E-state index is 11.3. The van der Waals surface area contributed by atoms with Crippen LogP contribution in [0.3, 0.4) is 0 Å². The number of aromatic nitrogens is 2. The van der Waals surface area contributed by atoms with E-state index in [9.17, 15) is 4.79 Å². The summed E-state index contributed by atoms with van der Waals surface area (Å²) in [5.41, 5.74) is 2.74. The van der Waals surface area contributed by atoms with Crippen molar-refractivity contribution in [2.24, 2.45) is 0 Å². The summed E-state index contributed by atoms with van der Waals surface area (Å²) in [7, 11) is 0. The van der Waals surface area contributed by atoms with Crippen molar-refractivity contribution in [1.29, 1.82) is 0 Å². The third-order valence-electron chi connectivity index (χ3n) is 3.89. The number of hydrogen-bond donors (Lipinski definition) is 2. The number of carbonyl (C=O) groups excluding carboxylic acids is 1. The van der Waals surface area contributed by atoms with Gasteiger partial charge in [-0.1, -0.05) is 30.3 Å². The quantitative estimate of drug-likeness (QED) is 0.646. The lowest BCUT2D eigenvalue weighted by atomic mass is 10.1. The molecule has 2 aromatic carbocycles. The van der Waals surface area contributed by atoms with Crippen LogP contribution in [0.2, 0.25) is 0 Å². The SMILES string of the molecule is CC(=O)c1ccc(Nc2cc(NC(C)c3ccccc3)ncn2)cc1. The van der Waals surface area contributed by atoms with Crippen LogP contribution in [0.1, 0.15) is 35.8 Å². The molecular weight excluding hydrogens is 312 g/mol. The lowest BCUT2D eigenvalue weighted by molar-refractivity contribution is 0.101. The van der Waals surface area contributed by atoms with Crippen LogP contribution in [0.5, 0.6) is 0 Å². The molecule has 0 aliphatic heterocycles. The van der Waals surface area contributed by atoms with E-state index in [4.69, 9.17) is 0 Å². The molecule has 2 N–H and O–H groups in total. The maximum Gasteiger partial charge on any atom is 0.159 e. The third kappa shape index (κ3) is 4.41. The number of nitrogens with one attached hydrogen (secondary N) is 2. The molecule has 0 aliphatic rings. The lowest BCUT2D eigenvalue weighted by Gasteiger charge is -2.15. The molecule has 5 heteroatoms. The number of benzene rings is 2. The molecule has 0 fully saturated rings. The Labute approximate surface area is 147 Å². The summed E-state index contributed by atoms with van der Waals surface area (Å²) in [5, 5.41) is 6.59. The fraction of sp³-hybridized carbons (Fsp3) is 0.150. The van der Waals surface area contributed by atoms with Gasteiger partial charge in [0, 0.05) is 23.4 Å². The largest absolute Gasteiger partial charge is 0.363 e. The first-order valence-electron chi connectivity index (χ1n) is 8.13. The zero-order chi connectivity index (χ0) is 17.6. The van der Waals surface area contributed by atoms with Gasteiger partial charge in [0.1, 0.15) is 18.0 Å². The number of nitrogens with zero attached hydrogens (tertiary/aromatic N) is 2. The molecule has 25 heavy (non-hydrogen) atoms. The van der Waals surface area contributed by atoms with E-state index in [1.54, 1.807) is 19.1 Å². The van der Waals surface area contributed by atoms with Crippen molar-refractivity contribution in [3.8, 4) is 0 Å². The minimum atomic E-state index is 0.0509. The van der Waals surface area contributed by atoms with Crippen LogP contribution in [0.25, 0.3) is 0 Å². The van der Waals surface area contributed by atoms with Gasteiger partial charge in [-0.05, 0) is 43.7 Å². The molecule has 0 saturated carbocycles. The first kappa shape index (κ1) is 16.6. The zero-order valence-corrected chi connectivity index (χ0v) is 14.2. The molecule has 3 aromatic rings. The summed E-state index contributed by atoms with van der Waals surface area (Å²) < 4.78 is 0. The monoisotopic (exact) mass is 332 g/mol. The highest BCUT2D eigenvalue weighted by Gasteiger charge is 2.07. The molecule has 1 atom stereocenters. The Morgan fingerprint density at radius 3 is 2.32 bits per heavy atom. The van der Waals surface area contributed by atoms with Gasteiger partial charge in [-0.3, -0.25) is 4.79 Å². The van der Waals surface area contributed by atoms with Gasteiger partial charge in [0.25, 0.3) is 0 Å². The van der Waals surface area contributed by atoms with E-state index in [1.165, 1.54) is 11.9 Å². The van der Waals surface area contributed by atoms with Crippen LogP contribution < -0.4 is 10.6 Å². The maximum atomic E-state index is 11.3. The number of ketones is 1. The number of hydrogen-bond acceptors (Lipinski definition) is 5. The predicted octanol–water partition coefficient (Wildman–Crippen LogP) is 4.60. The molecule has 1 aromatic heterocycles. The van der Waals surface area contributed by atoms with Gasteiger partial charge >= 0.3 is 0 Å². The van der Waals surface area contributed by atoms with Crippen LogP contribution in [-0.4, -0.2) is 15.8 Å². The molecule has 126 valence electrons. The fourth-order valence-electron chi connectivity index (χ4n) is 2.49. The van der Waals surface area contributed by atoms with Crippen molar-refractivity contribution in [3.63, 3.8) is 0 Å². The highest BCUT2D eigenvalue weighted by Crippen LogP contribution is 2.21. The molecule has 5 nitrogen and oxygen atoms in total. The Morgan fingerprint density at radius 1 is 0.960 bits per heavy atom. The minimum Gasteiger partial charge on any atom is -0.363 e. The lowest BCUT2D eigenvalue weighted by Crippen LogP contribution is -2.08. The van der Waals surface area contributed by atoms with Crippen molar-refractivity contribution in [3.05, 3.63) is 78.1 Å². The van der Waals surface area contributed by atoms with Gasteiger partial charge in [0.05, 0.1) is 0 Å². The van der Waals surface area contributed by atoms with E-state index >= 15 is 0 Å². The van der Waals surface area contributed by atoms with Gasteiger partial charge < -0.3 is 10.6 Å². The minimum absolute atomic E-state index is 0.0509. The zero-order valence-electron chi connectivity index (χ0n) is 14.2. The molecule has 0 bridgehead atoms. The highest BCUT2D eigenvalue weighted by molar-refractivity contribution is 5.94. The van der Waals surface area contributed by atoms with Gasteiger partial charge in [0.2, 0.25) is 0 Å². The first-order valence-corrected chi connectivity index (χ1v) is 8.13. The van der Waals surface area contributed by atoms with Crippen molar-refractivity contribution >= 4 is 23.1 Å². The van der Waals surface area contributed by atoms with Gasteiger partial charge in [-0.15, -0.1) is 0 Å². The van der Waals surface area contributed by atoms with E-state index in [0.29, 0.717) is 11.4 Å².